The number of rotatable bonds is 3. The summed E-state index contributed by atoms with van der Waals surface area (Å²) in [6.45, 7) is 0.232. The van der Waals surface area contributed by atoms with Crippen LogP contribution in [0.5, 0.6) is 0 Å². The predicted octanol–water partition coefficient (Wildman–Crippen LogP) is 1.87. The Labute approximate surface area is 76.3 Å². The molecule has 0 unspecified atom stereocenters. The third kappa shape index (κ3) is 2.17. The molecule has 1 aromatic heterocycles. The monoisotopic (exact) mass is 269 g/mol. The maximum atomic E-state index is 8.58. The highest BCUT2D eigenvalue weighted by Crippen LogP contribution is 2.16. The first-order valence-electron chi connectivity index (χ1n) is 2.93. The van der Waals surface area contributed by atoms with Crippen molar-refractivity contribution in [3.8, 4) is 0 Å². The van der Waals surface area contributed by atoms with Crippen LogP contribution in [0.3, 0.4) is 0 Å². The van der Waals surface area contributed by atoms with Gasteiger partial charge in [-0.2, -0.15) is 0 Å². The first-order chi connectivity index (χ1) is 4.86. The van der Waals surface area contributed by atoms with Crippen molar-refractivity contribution in [2.75, 3.05) is 6.61 Å². The lowest BCUT2D eigenvalue weighted by molar-refractivity contribution is 0.299. The SMILES string of the molecule is OCCc1ccn(SI)c1. The van der Waals surface area contributed by atoms with Gasteiger partial charge in [-0.15, -0.1) is 0 Å². The number of aromatic nitrogens is 1. The van der Waals surface area contributed by atoms with Crippen LogP contribution in [-0.4, -0.2) is 15.7 Å². The van der Waals surface area contributed by atoms with E-state index >= 15 is 0 Å². The molecule has 56 valence electrons. The summed E-state index contributed by atoms with van der Waals surface area (Å²) < 4.78 is 2.01. The van der Waals surface area contributed by atoms with Crippen LogP contribution < -0.4 is 0 Å². The molecule has 1 N–H and O–H groups in total. The Bertz CT molecular complexity index is 201. The van der Waals surface area contributed by atoms with Gasteiger partial charge in [0.25, 0.3) is 0 Å². The molecule has 2 nitrogen and oxygen atoms in total. The third-order valence-corrected chi connectivity index (χ3v) is 2.96. The molecule has 0 aliphatic heterocycles. The van der Waals surface area contributed by atoms with E-state index in [0.717, 1.165) is 6.42 Å². The molecule has 0 spiro atoms. The van der Waals surface area contributed by atoms with Crippen LogP contribution in [0.1, 0.15) is 5.56 Å². The molecular formula is C6H8INOS. The summed E-state index contributed by atoms with van der Waals surface area (Å²) in [6, 6.07) is 2.02. The molecule has 4 heteroatoms. The topological polar surface area (TPSA) is 25.2 Å². The molecule has 0 saturated carbocycles. The number of hydrogen-bond acceptors (Lipinski definition) is 2. The molecule has 0 amide bonds. The molecule has 0 bridgehead atoms. The average Bonchev–Trinajstić information content (AvgIpc) is 2.37. The van der Waals surface area contributed by atoms with Gasteiger partial charge in [-0.25, -0.2) is 0 Å². The summed E-state index contributed by atoms with van der Waals surface area (Å²) in [5.41, 5.74) is 1.19. The van der Waals surface area contributed by atoms with Crippen molar-refractivity contribution >= 4 is 30.3 Å². The van der Waals surface area contributed by atoms with Gasteiger partial charge in [0.2, 0.25) is 0 Å². The highest BCUT2D eigenvalue weighted by molar-refractivity contribution is 14.2. The molecule has 1 aromatic rings. The minimum absolute atomic E-state index is 0.232. The Kier molecular flexibility index (Phi) is 3.58. The van der Waals surface area contributed by atoms with Crippen LogP contribution in [0.25, 0.3) is 0 Å². The van der Waals surface area contributed by atoms with Crippen LogP contribution in [0.2, 0.25) is 0 Å². The second-order valence-electron chi connectivity index (χ2n) is 1.92. The van der Waals surface area contributed by atoms with E-state index in [-0.39, 0.29) is 6.61 Å². The molecule has 1 rings (SSSR count). The summed E-state index contributed by atoms with van der Waals surface area (Å²) in [5, 5.41) is 8.58. The Morgan fingerprint density at radius 1 is 1.70 bits per heavy atom. The van der Waals surface area contributed by atoms with E-state index in [1.807, 2.05) is 22.4 Å². The van der Waals surface area contributed by atoms with E-state index in [0.29, 0.717) is 0 Å². The standard InChI is InChI=1S/C6H8INOS/c7-10-8-3-1-6(5-8)2-4-9/h1,3,5,9H,2,4H2. The van der Waals surface area contributed by atoms with Crippen LogP contribution in [0.15, 0.2) is 18.5 Å². The summed E-state index contributed by atoms with van der Waals surface area (Å²) in [4.78, 5) is 0. The maximum Gasteiger partial charge on any atom is 0.0472 e. The van der Waals surface area contributed by atoms with Crippen molar-refractivity contribution in [1.29, 1.82) is 0 Å². The molecule has 0 saturated heterocycles. The lowest BCUT2D eigenvalue weighted by Gasteiger charge is -1.90. The number of hydrogen-bond donors (Lipinski definition) is 1. The molecule has 0 aliphatic rings. The Morgan fingerprint density at radius 3 is 3.00 bits per heavy atom. The third-order valence-electron chi connectivity index (χ3n) is 1.21. The second kappa shape index (κ2) is 4.25. The van der Waals surface area contributed by atoms with Gasteiger partial charge in [-0.1, -0.05) is 0 Å². The zero-order valence-electron chi connectivity index (χ0n) is 5.33. The van der Waals surface area contributed by atoms with Gasteiger partial charge in [-0.05, 0) is 18.1 Å². The maximum absolute atomic E-state index is 8.58. The van der Waals surface area contributed by atoms with Crippen LogP contribution in [0.4, 0.5) is 0 Å². The van der Waals surface area contributed by atoms with Gasteiger partial charge in [0.1, 0.15) is 0 Å². The second-order valence-corrected chi connectivity index (χ2v) is 3.66. The zero-order chi connectivity index (χ0) is 7.40. The van der Waals surface area contributed by atoms with Crippen LogP contribution in [0, 0.1) is 0 Å². The fourth-order valence-corrected chi connectivity index (χ4v) is 1.76. The lowest BCUT2D eigenvalue weighted by Crippen LogP contribution is -1.86. The van der Waals surface area contributed by atoms with Crippen LogP contribution >= 0.6 is 30.3 Å². The van der Waals surface area contributed by atoms with E-state index in [1.165, 1.54) is 5.56 Å². The molecular weight excluding hydrogens is 261 g/mol. The Hall–Kier alpha value is 0.320. The van der Waals surface area contributed by atoms with Crippen molar-refractivity contribution in [2.24, 2.45) is 0 Å². The van der Waals surface area contributed by atoms with Gasteiger partial charge in [0.05, 0.1) is 0 Å². The van der Waals surface area contributed by atoms with E-state index in [9.17, 15) is 0 Å². The normalized spacial score (nSPS) is 10.2. The first kappa shape index (κ1) is 8.42. The molecule has 0 atom stereocenters. The Balaban J connectivity index is 2.59. The van der Waals surface area contributed by atoms with Gasteiger partial charge in [0.15, 0.2) is 0 Å². The van der Waals surface area contributed by atoms with Gasteiger partial charge in [0, 0.05) is 49.3 Å². The summed E-state index contributed by atoms with van der Waals surface area (Å²) >= 11 is 2.21. The first-order valence-corrected chi connectivity index (χ1v) is 6.25. The average molecular weight is 269 g/mol. The molecule has 0 aliphatic carbocycles. The highest BCUT2D eigenvalue weighted by atomic mass is 127. The number of aliphatic hydroxyl groups excluding tert-OH is 1. The van der Waals surface area contributed by atoms with Gasteiger partial charge in [-0.3, -0.25) is 3.97 Å². The lowest BCUT2D eigenvalue weighted by atomic mass is 10.3. The van der Waals surface area contributed by atoms with Crippen molar-refractivity contribution in [1.82, 2.24) is 3.97 Å². The van der Waals surface area contributed by atoms with E-state index in [4.69, 9.17) is 5.11 Å². The van der Waals surface area contributed by atoms with Crippen molar-refractivity contribution in [3.63, 3.8) is 0 Å². The predicted molar refractivity (Wildman–Crippen MR) is 52.2 cm³/mol. The minimum atomic E-state index is 0.232. The van der Waals surface area contributed by atoms with Crippen molar-refractivity contribution < 1.29 is 5.11 Å². The zero-order valence-corrected chi connectivity index (χ0v) is 8.30. The highest BCUT2D eigenvalue weighted by Gasteiger charge is 1.93. The molecule has 10 heavy (non-hydrogen) atoms. The van der Waals surface area contributed by atoms with Crippen molar-refractivity contribution in [2.45, 2.75) is 6.42 Å². The van der Waals surface area contributed by atoms with E-state index < -0.39 is 0 Å². The molecule has 0 radical (unpaired) electrons. The fourth-order valence-electron chi connectivity index (χ4n) is 0.739. The van der Waals surface area contributed by atoms with Gasteiger partial charge < -0.3 is 5.11 Å². The summed E-state index contributed by atoms with van der Waals surface area (Å²) in [6.07, 6.45) is 4.76. The largest absolute Gasteiger partial charge is 0.396 e. The van der Waals surface area contributed by atoms with Gasteiger partial charge >= 0.3 is 0 Å². The molecule has 0 aromatic carbocycles. The van der Waals surface area contributed by atoms with Crippen LogP contribution in [-0.2, 0) is 6.42 Å². The summed E-state index contributed by atoms with van der Waals surface area (Å²) in [5.74, 6) is 0. The summed E-state index contributed by atoms with van der Waals surface area (Å²) in [7, 11) is 1.62. The quantitative estimate of drug-likeness (QED) is 0.847. The van der Waals surface area contributed by atoms with E-state index in [1.54, 1.807) is 9.12 Å². The van der Waals surface area contributed by atoms with Crippen molar-refractivity contribution in [3.05, 3.63) is 24.0 Å². The number of aliphatic hydroxyl groups is 1. The number of halogens is 1. The fraction of sp³-hybridized carbons (Fsp3) is 0.333. The number of nitrogens with zero attached hydrogens (tertiary/aromatic N) is 1. The molecule has 1 heterocycles. The Morgan fingerprint density at radius 2 is 2.50 bits per heavy atom. The molecule has 0 fully saturated rings. The minimum Gasteiger partial charge on any atom is -0.396 e. The van der Waals surface area contributed by atoms with E-state index in [2.05, 4.69) is 21.2 Å². The smallest absolute Gasteiger partial charge is 0.0472 e.